The quantitative estimate of drug-likeness (QED) is 0.779. The second kappa shape index (κ2) is 5.89. The number of carbonyl (C=O) groups is 2. The average molecular weight is 237 g/mol. The molecule has 0 saturated carbocycles. The van der Waals surface area contributed by atoms with Gasteiger partial charge < -0.3 is 14.7 Å². The van der Waals surface area contributed by atoms with Crippen LogP contribution in [0.15, 0.2) is 24.3 Å². The molecule has 0 aromatic heterocycles. The van der Waals surface area contributed by atoms with E-state index in [4.69, 9.17) is 9.84 Å². The molecule has 1 aromatic carbocycles. The summed E-state index contributed by atoms with van der Waals surface area (Å²) in [6.45, 7) is 0.364. The number of hydrogen-bond donors (Lipinski definition) is 1. The highest BCUT2D eigenvalue weighted by atomic mass is 16.5. The Morgan fingerprint density at radius 3 is 2.71 bits per heavy atom. The number of methoxy groups -OCH3 is 1. The van der Waals surface area contributed by atoms with Crippen molar-refractivity contribution in [2.24, 2.45) is 0 Å². The molecular formula is C12H15NO4. The van der Waals surface area contributed by atoms with E-state index in [1.165, 1.54) is 4.90 Å². The maximum Gasteiger partial charge on any atom is 0.312 e. The molecule has 5 nitrogen and oxygen atoms in total. The van der Waals surface area contributed by atoms with E-state index in [9.17, 15) is 9.59 Å². The Bertz CT molecular complexity index is 417. The van der Waals surface area contributed by atoms with Crippen molar-refractivity contribution in [2.75, 3.05) is 14.2 Å². The number of rotatable bonds is 5. The molecular weight excluding hydrogens is 222 g/mol. The molecule has 0 unspecified atom stereocenters. The third-order valence-corrected chi connectivity index (χ3v) is 2.28. The van der Waals surface area contributed by atoms with Gasteiger partial charge in [-0.05, 0) is 17.7 Å². The van der Waals surface area contributed by atoms with Gasteiger partial charge >= 0.3 is 5.97 Å². The van der Waals surface area contributed by atoms with Crippen molar-refractivity contribution in [1.29, 1.82) is 0 Å². The zero-order valence-electron chi connectivity index (χ0n) is 9.84. The second-order valence-corrected chi connectivity index (χ2v) is 3.67. The number of nitrogens with zero attached hydrogens (tertiary/aromatic N) is 1. The molecule has 0 aliphatic rings. The third kappa shape index (κ3) is 4.14. The molecule has 17 heavy (non-hydrogen) atoms. The molecule has 0 radical (unpaired) electrons. The first kappa shape index (κ1) is 13.0. The van der Waals surface area contributed by atoms with Gasteiger partial charge in [-0.15, -0.1) is 0 Å². The van der Waals surface area contributed by atoms with Gasteiger partial charge in [0.1, 0.15) is 12.2 Å². The molecule has 1 amide bonds. The smallest absolute Gasteiger partial charge is 0.312 e. The van der Waals surface area contributed by atoms with Gasteiger partial charge in [-0.25, -0.2) is 0 Å². The highest BCUT2D eigenvalue weighted by molar-refractivity contribution is 5.93. The molecule has 0 saturated heterocycles. The topological polar surface area (TPSA) is 66.8 Å². The molecule has 0 fully saturated rings. The fourth-order valence-corrected chi connectivity index (χ4v) is 1.40. The minimum atomic E-state index is -1.12. The van der Waals surface area contributed by atoms with E-state index >= 15 is 0 Å². The molecule has 0 spiro atoms. The van der Waals surface area contributed by atoms with Crippen LogP contribution in [0.1, 0.15) is 12.0 Å². The lowest BCUT2D eigenvalue weighted by Crippen LogP contribution is -2.28. The number of carbonyl (C=O) groups excluding carboxylic acids is 1. The number of hydrogen-bond acceptors (Lipinski definition) is 3. The molecule has 0 aliphatic heterocycles. The Balaban J connectivity index is 2.63. The van der Waals surface area contributed by atoms with Crippen LogP contribution in [0.3, 0.4) is 0 Å². The standard InChI is InChI=1S/C12H15NO4/c1-13(11(14)7-12(15)16)8-9-4-3-5-10(6-9)17-2/h3-6H,7-8H2,1-2H3,(H,15,16). The summed E-state index contributed by atoms with van der Waals surface area (Å²) < 4.78 is 5.06. The van der Waals surface area contributed by atoms with Crippen LogP contribution >= 0.6 is 0 Å². The molecule has 1 rings (SSSR count). The first-order valence-electron chi connectivity index (χ1n) is 5.11. The fraction of sp³-hybridized carbons (Fsp3) is 0.333. The van der Waals surface area contributed by atoms with E-state index in [1.807, 2.05) is 24.3 Å². The molecule has 0 bridgehead atoms. The zero-order chi connectivity index (χ0) is 12.8. The Hall–Kier alpha value is -2.04. The Morgan fingerprint density at radius 2 is 2.12 bits per heavy atom. The lowest BCUT2D eigenvalue weighted by atomic mass is 10.2. The molecule has 0 aliphatic carbocycles. The summed E-state index contributed by atoms with van der Waals surface area (Å²) in [5.74, 6) is -0.825. The zero-order valence-corrected chi connectivity index (χ0v) is 9.84. The molecule has 92 valence electrons. The number of ether oxygens (including phenoxy) is 1. The van der Waals surface area contributed by atoms with Crippen molar-refractivity contribution in [3.8, 4) is 5.75 Å². The minimum absolute atomic E-state index is 0.364. The maximum absolute atomic E-state index is 11.4. The lowest BCUT2D eigenvalue weighted by molar-refractivity contribution is -0.143. The number of amides is 1. The summed E-state index contributed by atoms with van der Waals surface area (Å²) in [5.41, 5.74) is 0.894. The van der Waals surface area contributed by atoms with Gasteiger partial charge in [0.2, 0.25) is 5.91 Å². The SMILES string of the molecule is COc1cccc(CN(C)C(=O)CC(=O)O)c1. The van der Waals surface area contributed by atoms with Crippen molar-refractivity contribution < 1.29 is 19.4 Å². The van der Waals surface area contributed by atoms with E-state index in [1.54, 1.807) is 14.2 Å². The van der Waals surface area contributed by atoms with Gasteiger partial charge in [-0.3, -0.25) is 9.59 Å². The Kier molecular flexibility index (Phi) is 4.51. The van der Waals surface area contributed by atoms with Crippen LogP contribution in [0.4, 0.5) is 0 Å². The van der Waals surface area contributed by atoms with E-state index < -0.39 is 18.3 Å². The fourth-order valence-electron chi connectivity index (χ4n) is 1.40. The van der Waals surface area contributed by atoms with Gasteiger partial charge in [0.15, 0.2) is 0 Å². The van der Waals surface area contributed by atoms with E-state index in [0.717, 1.165) is 5.56 Å². The highest BCUT2D eigenvalue weighted by Crippen LogP contribution is 2.14. The average Bonchev–Trinajstić information content (AvgIpc) is 2.28. The van der Waals surface area contributed by atoms with Gasteiger partial charge in [-0.2, -0.15) is 0 Å². The number of carboxylic acid groups (broad SMARTS) is 1. The van der Waals surface area contributed by atoms with Crippen molar-refractivity contribution >= 4 is 11.9 Å². The highest BCUT2D eigenvalue weighted by Gasteiger charge is 2.13. The van der Waals surface area contributed by atoms with Crippen LogP contribution in [0.25, 0.3) is 0 Å². The first-order valence-corrected chi connectivity index (χ1v) is 5.11. The Morgan fingerprint density at radius 1 is 1.41 bits per heavy atom. The summed E-state index contributed by atoms with van der Waals surface area (Å²) in [6.07, 6.45) is -0.486. The lowest BCUT2D eigenvalue weighted by Gasteiger charge is -2.16. The van der Waals surface area contributed by atoms with Gasteiger partial charge in [-0.1, -0.05) is 12.1 Å². The van der Waals surface area contributed by atoms with Crippen molar-refractivity contribution in [2.45, 2.75) is 13.0 Å². The molecule has 1 aromatic rings. The number of benzene rings is 1. The predicted octanol–water partition coefficient (Wildman–Crippen LogP) is 1.13. The Labute approximate surface area is 99.6 Å². The molecule has 1 N–H and O–H groups in total. The predicted molar refractivity (Wildman–Crippen MR) is 61.7 cm³/mol. The summed E-state index contributed by atoms with van der Waals surface area (Å²) in [5, 5.41) is 8.51. The second-order valence-electron chi connectivity index (χ2n) is 3.67. The van der Waals surface area contributed by atoms with Gasteiger partial charge in [0.05, 0.1) is 7.11 Å². The molecule has 0 heterocycles. The van der Waals surface area contributed by atoms with Crippen LogP contribution in [-0.4, -0.2) is 36.0 Å². The normalized spacial score (nSPS) is 9.76. The molecule has 5 heteroatoms. The number of carboxylic acids is 1. The summed E-state index contributed by atoms with van der Waals surface area (Å²) in [4.78, 5) is 23.2. The van der Waals surface area contributed by atoms with Crippen LogP contribution < -0.4 is 4.74 Å². The van der Waals surface area contributed by atoms with Crippen molar-refractivity contribution in [3.63, 3.8) is 0 Å². The van der Waals surface area contributed by atoms with Crippen LogP contribution in [0.2, 0.25) is 0 Å². The molecule has 0 atom stereocenters. The first-order chi connectivity index (χ1) is 8.02. The van der Waals surface area contributed by atoms with Crippen LogP contribution in [-0.2, 0) is 16.1 Å². The van der Waals surface area contributed by atoms with Crippen molar-refractivity contribution in [1.82, 2.24) is 4.90 Å². The summed E-state index contributed by atoms with van der Waals surface area (Å²) >= 11 is 0. The third-order valence-electron chi connectivity index (χ3n) is 2.28. The minimum Gasteiger partial charge on any atom is -0.497 e. The summed E-state index contributed by atoms with van der Waals surface area (Å²) in [7, 11) is 3.14. The largest absolute Gasteiger partial charge is 0.497 e. The van der Waals surface area contributed by atoms with Gasteiger partial charge in [0.25, 0.3) is 0 Å². The monoisotopic (exact) mass is 237 g/mol. The van der Waals surface area contributed by atoms with E-state index in [0.29, 0.717) is 12.3 Å². The van der Waals surface area contributed by atoms with Crippen LogP contribution in [0.5, 0.6) is 5.75 Å². The van der Waals surface area contributed by atoms with Gasteiger partial charge in [0, 0.05) is 13.6 Å². The summed E-state index contributed by atoms with van der Waals surface area (Å²) in [6, 6.07) is 7.30. The maximum atomic E-state index is 11.4. The van der Waals surface area contributed by atoms with E-state index in [2.05, 4.69) is 0 Å². The number of aliphatic carboxylic acids is 1. The van der Waals surface area contributed by atoms with Crippen LogP contribution in [0, 0.1) is 0 Å². The van der Waals surface area contributed by atoms with E-state index in [-0.39, 0.29) is 0 Å². The van der Waals surface area contributed by atoms with Crippen molar-refractivity contribution in [3.05, 3.63) is 29.8 Å².